The normalized spacial score (nSPS) is 16.1. The van der Waals surface area contributed by atoms with Gasteiger partial charge in [0.05, 0.1) is 6.20 Å². The van der Waals surface area contributed by atoms with E-state index in [4.69, 9.17) is 4.42 Å². The second-order valence-electron chi connectivity index (χ2n) is 7.48. The SMILES string of the molecule is CC(C)c1ccc(CN2CCC(c3nnc(-c4cnccn4)o3)CC2)cc1. The molecular weight excluding hydrogens is 338 g/mol. The van der Waals surface area contributed by atoms with Gasteiger partial charge in [0.15, 0.2) is 0 Å². The summed E-state index contributed by atoms with van der Waals surface area (Å²) in [6.45, 7) is 7.54. The molecule has 0 spiro atoms. The predicted molar refractivity (Wildman–Crippen MR) is 103 cm³/mol. The number of likely N-dealkylation sites (tertiary alicyclic amines) is 1. The maximum atomic E-state index is 5.86. The molecule has 6 nitrogen and oxygen atoms in total. The number of rotatable bonds is 5. The fourth-order valence-electron chi connectivity index (χ4n) is 3.52. The highest BCUT2D eigenvalue weighted by atomic mass is 16.4. The van der Waals surface area contributed by atoms with Gasteiger partial charge in [-0.15, -0.1) is 10.2 Å². The summed E-state index contributed by atoms with van der Waals surface area (Å²) < 4.78 is 5.86. The summed E-state index contributed by atoms with van der Waals surface area (Å²) in [4.78, 5) is 10.8. The molecule has 0 atom stereocenters. The Bertz CT molecular complexity index is 852. The molecule has 3 heterocycles. The lowest BCUT2D eigenvalue weighted by molar-refractivity contribution is 0.193. The summed E-state index contributed by atoms with van der Waals surface area (Å²) in [5.41, 5.74) is 3.40. The fourth-order valence-corrected chi connectivity index (χ4v) is 3.52. The smallest absolute Gasteiger partial charge is 0.267 e. The summed E-state index contributed by atoms with van der Waals surface area (Å²) in [6.07, 6.45) is 6.97. The zero-order valence-corrected chi connectivity index (χ0v) is 15.9. The fraction of sp³-hybridized carbons (Fsp3) is 0.429. The van der Waals surface area contributed by atoms with E-state index in [0.29, 0.717) is 23.4 Å². The van der Waals surface area contributed by atoms with Crippen molar-refractivity contribution in [2.24, 2.45) is 0 Å². The molecule has 0 bridgehead atoms. The molecule has 1 aromatic carbocycles. The summed E-state index contributed by atoms with van der Waals surface area (Å²) in [5, 5.41) is 8.39. The van der Waals surface area contributed by atoms with Crippen LogP contribution in [0.2, 0.25) is 0 Å². The topological polar surface area (TPSA) is 67.9 Å². The van der Waals surface area contributed by atoms with Crippen LogP contribution in [0.3, 0.4) is 0 Å². The maximum absolute atomic E-state index is 5.86. The minimum atomic E-state index is 0.322. The van der Waals surface area contributed by atoms with Crippen LogP contribution in [0.25, 0.3) is 11.6 Å². The third kappa shape index (κ3) is 4.22. The Labute approximate surface area is 159 Å². The van der Waals surface area contributed by atoms with Crippen molar-refractivity contribution in [2.45, 2.75) is 45.1 Å². The van der Waals surface area contributed by atoms with Crippen LogP contribution in [0.5, 0.6) is 0 Å². The summed E-state index contributed by atoms with van der Waals surface area (Å²) >= 11 is 0. The van der Waals surface area contributed by atoms with Crippen LogP contribution in [-0.4, -0.2) is 38.2 Å². The van der Waals surface area contributed by atoms with E-state index in [9.17, 15) is 0 Å². The van der Waals surface area contributed by atoms with Gasteiger partial charge in [-0.2, -0.15) is 0 Å². The Morgan fingerprint density at radius 1 is 1.07 bits per heavy atom. The van der Waals surface area contributed by atoms with Crippen LogP contribution in [0, 0.1) is 0 Å². The van der Waals surface area contributed by atoms with Crippen molar-refractivity contribution in [3.63, 3.8) is 0 Å². The highest BCUT2D eigenvalue weighted by molar-refractivity contribution is 5.43. The van der Waals surface area contributed by atoms with Gasteiger partial charge in [0.1, 0.15) is 5.69 Å². The van der Waals surface area contributed by atoms with E-state index < -0.39 is 0 Å². The third-order valence-corrected chi connectivity index (χ3v) is 5.21. The second kappa shape index (κ2) is 7.96. The minimum absolute atomic E-state index is 0.322. The molecule has 1 aliphatic rings. The molecule has 0 saturated carbocycles. The quantitative estimate of drug-likeness (QED) is 0.682. The monoisotopic (exact) mass is 363 g/mol. The Hall–Kier alpha value is -2.60. The molecule has 3 aromatic rings. The van der Waals surface area contributed by atoms with Crippen molar-refractivity contribution in [3.8, 4) is 11.6 Å². The van der Waals surface area contributed by atoms with Gasteiger partial charge in [0.2, 0.25) is 5.89 Å². The number of hydrogen-bond donors (Lipinski definition) is 0. The Morgan fingerprint density at radius 2 is 1.85 bits per heavy atom. The predicted octanol–water partition coefficient (Wildman–Crippen LogP) is 4.03. The molecule has 1 saturated heterocycles. The maximum Gasteiger partial charge on any atom is 0.267 e. The largest absolute Gasteiger partial charge is 0.419 e. The van der Waals surface area contributed by atoms with Gasteiger partial charge in [-0.3, -0.25) is 9.88 Å². The van der Waals surface area contributed by atoms with Gasteiger partial charge in [-0.05, 0) is 43.0 Å². The molecule has 0 amide bonds. The number of benzene rings is 1. The van der Waals surface area contributed by atoms with Gasteiger partial charge in [-0.25, -0.2) is 4.98 Å². The first kappa shape index (κ1) is 17.8. The van der Waals surface area contributed by atoms with Crippen molar-refractivity contribution in [1.82, 2.24) is 25.1 Å². The molecule has 1 aliphatic heterocycles. The lowest BCUT2D eigenvalue weighted by Crippen LogP contribution is -2.32. The first-order valence-electron chi connectivity index (χ1n) is 9.60. The zero-order chi connectivity index (χ0) is 18.6. The Balaban J connectivity index is 1.33. The van der Waals surface area contributed by atoms with Crippen molar-refractivity contribution < 1.29 is 4.42 Å². The van der Waals surface area contributed by atoms with E-state index in [1.807, 2.05) is 0 Å². The molecule has 140 valence electrons. The average Bonchev–Trinajstić information content (AvgIpc) is 3.20. The lowest BCUT2D eigenvalue weighted by atomic mass is 9.96. The van der Waals surface area contributed by atoms with Crippen molar-refractivity contribution in [3.05, 3.63) is 59.9 Å². The standard InChI is InChI=1S/C21H25N5O/c1-15(2)17-5-3-16(4-6-17)14-26-11-7-18(8-12-26)20-24-25-21(27-20)19-13-22-9-10-23-19/h3-6,9-10,13,15,18H,7-8,11-12,14H2,1-2H3. The summed E-state index contributed by atoms with van der Waals surface area (Å²) in [5.74, 6) is 2.07. The number of aromatic nitrogens is 4. The van der Waals surface area contributed by atoms with Crippen LogP contribution in [0.4, 0.5) is 0 Å². The number of hydrogen-bond acceptors (Lipinski definition) is 6. The molecular formula is C21H25N5O. The molecule has 27 heavy (non-hydrogen) atoms. The molecule has 0 unspecified atom stereocenters. The first-order valence-corrected chi connectivity index (χ1v) is 9.60. The van der Waals surface area contributed by atoms with Crippen LogP contribution >= 0.6 is 0 Å². The third-order valence-electron chi connectivity index (χ3n) is 5.21. The molecule has 1 fully saturated rings. The van der Waals surface area contributed by atoms with Crippen LogP contribution in [0.1, 0.15) is 55.5 Å². The zero-order valence-electron chi connectivity index (χ0n) is 15.9. The van der Waals surface area contributed by atoms with Gasteiger partial charge >= 0.3 is 0 Å². The van der Waals surface area contributed by atoms with Gasteiger partial charge in [-0.1, -0.05) is 38.1 Å². The van der Waals surface area contributed by atoms with E-state index in [1.165, 1.54) is 11.1 Å². The minimum Gasteiger partial charge on any atom is -0.419 e. The van der Waals surface area contributed by atoms with E-state index >= 15 is 0 Å². The molecule has 4 rings (SSSR count). The van der Waals surface area contributed by atoms with Crippen molar-refractivity contribution in [2.75, 3.05) is 13.1 Å². The Kier molecular flexibility index (Phi) is 5.25. The second-order valence-corrected chi connectivity index (χ2v) is 7.48. The summed E-state index contributed by atoms with van der Waals surface area (Å²) in [6, 6.07) is 9.01. The highest BCUT2D eigenvalue weighted by Gasteiger charge is 2.25. The van der Waals surface area contributed by atoms with Crippen LogP contribution in [-0.2, 0) is 6.54 Å². The number of piperidine rings is 1. The van der Waals surface area contributed by atoms with Gasteiger partial charge < -0.3 is 4.42 Å². The van der Waals surface area contributed by atoms with E-state index in [1.54, 1.807) is 18.6 Å². The van der Waals surface area contributed by atoms with Crippen molar-refractivity contribution >= 4 is 0 Å². The van der Waals surface area contributed by atoms with Gasteiger partial charge in [0, 0.05) is 24.9 Å². The van der Waals surface area contributed by atoms with E-state index in [-0.39, 0.29) is 0 Å². The molecule has 0 aliphatic carbocycles. The molecule has 2 aromatic heterocycles. The molecule has 0 N–H and O–H groups in total. The van der Waals surface area contributed by atoms with E-state index in [0.717, 1.165) is 38.4 Å². The highest BCUT2D eigenvalue weighted by Crippen LogP contribution is 2.29. The van der Waals surface area contributed by atoms with Crippen molar-refractivity contribution in [1.29, 1.82) is 0 Å². The number of nitrogens with zero attached hydrogens (tertiary/aromatic N) is 5. The van der Waals surface area contributed by atoms with E-state index in [2.05, 4.69) is 63.2 Å². The molecule has 6 heteroatoms. The average molecular weight is 363 g/mol. The summed E-state index contributed by atoms with van der Waals surface area (Å²) in [7, 11) is 0. The van der Waals surface area contributed by atoms with Crippen LogP contribution < -0.4 is 0 Å². The Morgan fingerprint density at radius 3 is 2.52 bits per heavy atom. The molecule has 0 radical (unpaired) electrons. The van der Waals surface area contributed by atoms with Gasteiger partial charge in [0.25, 0.3) is 5.89 Å². The lowest BCUT2D eigenvalue weighted by Gasteiger charge is -2.30. The van der Waals surface area contributed by atoms with Crippen LogP contribution in [0.15, 0.2) is 47.3 Å². The first-order chi connectivity index (χ1) is 13.2.